The van der Waals surface area contributed by atoms with Gasteiger partial charge in [0, 0.05) is 6.54 Å². The summed E-state index contributed by atoms with van der Waals surface area (Å²) in [7, 11) is 0. The number of nitrogens with two attached hydrogens (primary N) is 3. The van der Waals surface area contributed by atoms with E-state index in [0.29, 0.717) is 44.5 Å². The number of aliphatic carboxylic acids is 1. The van der Waals surface area contributed by atoms with Crippen LogP contribution < -0.4 is 27.8 Å². The fourth-order valence-electron chi connectivity index (χ4n) is 3.60. The lowest BCUT2D eigenvalue weighted by Crippen LogP contribution is -2.57. The van der Waals surface area contributed by atoms with Crippen LogP contribution in [0.2, 0.25) is 0 Å². The molecule has 0 aromatic carbocycles. The first-order valence-corrected chi connectivity index (χ1v) is 12.4. The van der Waals surface area contributed by atoms with Gasteiger partial charge in [-0.15, -0.1) is 0 Å². The van der Waals surface area contributed by atoms with Crippen LogP contribution in [0.3, 0.4) is 0 Å². The molecule has 1 fully saturated rings. The minimum Gasteiger partial charge on any atom is -0.480 e. The number of carboxylic acids is 1. The minimum atomic E-state index is -1.20. The molecule has 188 valence electrons. The Morgan fingerprint density at radius 3 is 2.33 bits per heavy atom. The smallest absolute Gasteiger partial charge is 0.326 e. The number of amides is 4. The van der Waals surface area contributed by atoms with Gasteiger partial charge in [0.2, 0.25) is 23.6 Å². The molecule has 0 saturated carbocycles. The zero-order chi connectivity index (χ0) is 25.0. The molecule has 4 unspecified atom stereocenters. The fourth-order valence-corrected chi connectivity index (χ4v) is 4.07. The van der Waals surface area contributed by atoms with Crippen molar-refractivity contribution >= 4 is 41.4 Å². The van der Waals surface area contributed by atoms with Crippen LogP contribution in [-0.4, -0.2) is 88.9 Å². The summed E-state index contributed by atoms with van der Waals surface area (Å²) in [6.07, 6.45) is 4.15. The second-order valence-corrected chi connectivity index (χ2v) is 8.98. The van der Waals surface area contributed by atoms with Gasteiger partial charge in [0.1, 0.15) is 18.1 Å². The SMILES string of the molecule is CSCCC(NC(=O)C(N)CC(N)=O)C(=O)NC(CCCCN)C(=O)N1CCCC1C(=O)O. The van der Waals surface area contributed by atoms with E-state index >= 15 is 0 Å². The van der Waals surface area contributed by atoms with E-state index in [1.165, 1.54) is 16.7 Å². The zero-order valence-electron chi connectivity index (χ0n) is 19.0. The van der Waals surface area contributed by atoms with Crippen LogP contribution in [0.15, 0.2) is 0 Å². The van der Waals surface area contributed by atoms with Gasteiger partial charge in [-0.05, 0) is 57.1 Å². The number of unbranched alkanes of at least 4 members (excludes halogenated alkanes) is 1. The van der Waals surface area contributed by atoms with Crippen LogP contribution in [0, 0.1) is 0 Å². The number of carbonyl (C=O) groups is 5. The molecule has 0 radical (unpaired) electrons. The van der Waals surface area contributed by atoms with Crippen LogP contribution in [0.5, 0.6) is 0 Å². The Morgan fingerprint density at radius 2 is 1.76 bits per heavy atom. The van der Waals surface area contributed by atoms with Gasteiger partial charge >= 0.3 is 5.97 Å². The topological polar surface area (TPSA) is 211 Å². The molecular formula is C20H36N6O6S. The lowest BCUT2D eigenvalue weighted by molar-refractivity contribution is -0.149. The average molecular weight is 489 g/mol. The third-order valence-electron chi connectivity index (χ3n) is 5.38. The maximum Gasteiger partial charge on any atom is 0.326 e. The lowest BCUT2D eigenvalue weighted by Gasteiger charge is -2.29. The summed E-state index contributed by atoms with van der Waals surface area (Å²) in [5.41, 5.74) is 16.3. The molecule has 0 spiro atoms. The molecule has 0 bridgehead atoms. The number of hydrogen-bond donors (Lipinski definition) is 6. The van der Waals surface area contributed by atoms with E-state index in [-0.39, 0.29) is 19.3 Å². The van der Waals surface area contributed by atoms with Crippen molar-refractivity contribution in [2.24, 2.45) is 17.2 Å². The molecule has 1 heterocycles. The number of primary amides is 1. The fraction of sp³-hybridized carbons (Fsp3) is 0.750. The third kappa shape index (κ3) is 9.56. The predicted octanol–water partition coefficient (Wildman–Crippen LogP) is -1.88. The molecule has 1 aliphatic heterocycles. The van der Waals surface area contributed by atoms with E-state index in [4.69, 9.17) is 17.2 Å². The molecule has 12 nitrogen and oxygen atoms in total. The minimum absolute atomic E-state index is 0.271. The molecule has 4 atom stereocenters. The lowest BCUT2D eigenvalue weighted by atomic mass is 10.1. The Balaban J connectivity index is 2.96. The summed E-state index contributed by atoms with van der Waals surface area (Å²) in [5.74, 6) is -3.03. The molecule has 33 heavy (non-hydrogen) atoms. The van der Waals surface area contributed by atoms with Gasteiger partial charge in [0.15, 0.2) is 0 Å². The van der Waals surface area contributed by atoms with E-state index in [0.717, 1.165) is 0 Å². The van der Waals surface area contributed by atoms with Gasteiger partial charge in [-0.2, -0.15) is 11.8 Å². The number of rotatable bonds is 15. The maximum atomic E-state index is 13.1. The summed E-state index contributed by atoms with van der Waals surface area (Å²) in [5, 5.41) is 14.6. The van der Waals surface area contributed by atoms with Crippen molar-refractivity contribution in [3.8, 4) is 0 Å². The highest BCUT2D eigenvalue weighted by atomic mass is 32.2. The highest BCUT2D eigenvalue weighted by Crippen LogP contribution is 2.20. The Hall–Kier alpha value is -2.38. The summed E-state index contributed by atoms with van der Waals surface area (Å²) >= 11 is 1.47. The van der Waals surface area contributed by atoms with Crippen molar-refractivity contribution < 1.29 is 29.1 Å². The van der Waals surface area contributed by atoms with E-state index in [1.54, 1.807) is 0 Å². The summed E-state index contributed by atoms with van der Waals surface area (Å²) in [4.78, 5) is 62.3. The Bertz CT molecular complexity index is 709. The van der Waals surface area contributed by atoms with Crippen molar-refractivity contribution in [1.29, 1.82) is 0 Å². The molecule has 4 amide bonds. The molecule has 0 aromatic heterocycles. The second-order valence-electron chi connectivity index (χ2n) is 7.99. The van der Waals surface area contributed by atoms with Crippen molar-refractivity contribution in [1.82, 2.24) is 15.5 Å². The monoisotopic (exact) mass is 488 g/mol. The molecule has 13 heteroatoms. The largest absolute Gasteiger partial charge is 0.480 e. The Labute approximate surface area is 197 Å². The van der Waals surface area contributed by atoms with Crippen molar-refractivity contribution in [3.63, 3.8) is 0 Å². The van der Waals surface area contributed by atoms with Crippen LogP contribution in [0.4, 0.5) is 0 Å². The number of nitrogens with one attached hydrogen (secondary N) is 2. The second kappa shape index (κ2) is 14.7. The number of carboxylic acid groups (broad SMARTS) is 1. The number of carbonyl (C=O) groups excluding carboxylic acids is 4. The first kappa shape index (κ1) is 28.7. The molecule has 0 aromatic rings. The van der Waals surface area contributed by atoms with E-state index in [1.807, 2.05) is 6.26 Å². The van der Waals surface area contributed by atoms with E-state index < -0.39 is 53.8 Å². The molecule has 1 rings (SSSR count). The number of hydrogen-bond acceptors (Lipinski definition) is 8. The molecule has 9 N–H and O–H groups in total. The van der Waals surface area contributed by atoms with E-state index in [2.05, 4.69) is 10.6 Å². The Morgan fingerprint density at radius 1 is 1.09 bits per heavy atom. The van der Waals surface area contributed by atoms with Gasteiger partial charge in [-0.3, -0.25) is 19.2 Å². The predicted molar refractivity (Wildman–Crippen MR) is 124 cm³/mol. The van der Waals surface area contributed by atoms with Gasteiger partial charge in [0.25, 0.3) is 0 Å². The highest BCUT2D eigenvalue weighted by molar-refractivity contribution is 7.98. The standard InChI is InChI=1S/C20H36N6O6S/c1-33-10-7-13(24-17(28)12(22)11-16(23)27)18(29)25-14(5-2-3-8-21)19(30)26-9-4-6-15(26)20(31)32/h12-15H,2-11,21-22H2,1H3,(H2,23,27)(H,24,28)(H,25,29)(H,31,32). The quantitative estimate of drug-likeness (QED) is 0.142. The van der Waals surface area contributed by atoms with Gasteiger partial charge < -0.3 is 37.8 Å². The zero-order valence-corrected chi connectivity index (χ0v) is 19.8. The normalized spacial score (nSPS) is 18.3. The molecule has 1 saturated heterocycles. The number of thioether (sulfide) groups is 1. The van der Waals surface area contributed by atoms with Gasteiger partial charge in [-0.1, -0.05) is 0 Å². The first-order valence-electron chi connectivity index (χ1n) is 11.0. The summed E-state index contributed by atoms with van der Waals surface area (Å²) in [6.45, 7) is 0.716. The van der Waals surface area contributed by atoms with Crippen molar-refractivity contribution in [2.75, 3.05) is 25.1 Å². The average Bonchev–Trinajstić information content (AvgIpc) is 3.25. The van der Waals surface area contributed by atoms with E-state index in [9.17, 15) is 29.1 Å². The number of nitrogens with zero attached hydrogens (tertiary/aromatic N) is 1. The molecular weight excluding hydrogens is 452 g/mol. The highest BCUT2D eigenvalue weighted by Gasteiger charge is 2.38. The van der Waals surface area contributed by atoms with Crippen LogP contribution in [0.1, 0.15) is 44.9 Å². The Kier molecular flexibility index (Phi) is 12.8. The molecule has 1 aliphatic rings. The van der Waals surface area contributed by atoms with Gasteiger partial charge in [0.05, 0.1) is 12.5 Å². The maximum absolute atomic E-state index is 13.1. The van der Waals surface area contributed by atoms with Crippen molar-refractivity contribution in [2.45, 2.75) is 69.1 Å². The van der Waals surface area contributed by atoms with Crippen LogP contribution in [-0.2, 0) is 24.0 Å². The van der Waals surface area contributed by atoms with Crippen LogP contribution in [0.25, 0.3) is 0 Å². The summed E-state index contributed by atoms with van der Waals surface area (Å²) in [6, 6.07) is -4.06. The first-order chi connectivity index (χ1) is 15.6. The number of likely N-dealkylation sites (tertiary alicyclic amines) is 1. The molecule has 0 aliphatic carbocycles. The summed E-state index contributed by atoms with van der Waals surface area (Å²) < 4.78 is 0. The third-order valence-corrected chi connectivity index (χ3v) is 6.03. The van der Waals surface area contributed by atoms with Crippen molar-refractivity contribution in [3.05, 3.63) is 0 Å². The van der Waals surface area contributed by atoms with Gasteiger partial charge in [-0.25, -0.2) is 4.79 Å². The van der Waals surface area contributed by atoms with Crippen LogP contribution >= 0.6 is 11.8 Å².